The van der Waals surface area contributed by atoms with E-state index in [-0.39, 0.29) is 22.8 Å². The summed E-state index contributed by atoms with van der Waals surface area (Å²) in [6.45, 7) is 1.96. The van der Waals surface area contributed by atoms with E-state index in [0.29, 0.717) is 27.5 Å². The number of phenolic OH excluding ortho intramolecular Hbond substituents is 1. The SMILES string of the molecule is COc1ccc(C(O)=C2C(=O)C(=O)N(c3nc4ccc(C)cc4s3)C2c2ccc(O)c(OC)c2)cc1. The van der Waals surface area contributed by atoms with E-state index in [9.17, 15) is 19.8 Å². The second-order valence-corrected chi connectivity index (χ2v) is 9.31. The van der Waals surface area contributed by atoms with Crippen LogP contribution in [-0.4, -0.2) is 41.1 Å². The molecule has 0 bridgehead atoms. The second-order valence-electron chi connectivity index (χ2n) is 8.30. The largest absolute Gasteiger partial charge is 0.507 e. The maximum absolute atomic E-state index is 13.4. The Morgan fingerprint density at radius 2 is 1.75 bits per heavy atom. The average Bonchev–Trinajstić information content (AvgIpc) is 3.41. The predicted molar refractivity (Wildman–Crippen MR) is 137 cm³/mol. The highest BCUT2D eigenvalue weighted by atomic mass is 32.1. The number of rotatable bonds is 5. The molecule has 4 aromatic rings. The predicted octanol–water partition coefficient (Wildman–Crippen LogP) is 4.95. The standard InChI is InChI=1S/C27H22N2O6S/c1-14-4-10-18-21(12-14)36-27(28-18)29-23(16-7-11-19(30)20(13-16)35-3)22(25(32)26(29)33)24(31)15-5-8-17(34-2)9-6-15/h4-13,23,30-31H,1-3H3. The van der Waals surface area contributed by atoms with Crippen molar-refractivity contribution in [3.05, 3.63) is 82.9 Å². The lowest BCUT2D eigenvalue weighted by Crippen LogP contribution is -2.29. The third kappa shape index (κ3) is 3.83. The molecule has 1 aliphatic rings. The number of fused-ring (bicyclic) bond motifs is 1. The molecule has 1 unspecified atom stereocenters. The van der Waals surface area contributed by atoms with Crippen molar-refractivity contribution in [2.75, 3.05) is 19.1 Å². The molecular weight excluding hydrogens is 480 g/mol. The first-order chi connectivity index (χ1) is 17.3. The Bertz CT molecular complexity index is 1540. The summed E-state index contributed by atoms with van der Waals surface area (Å²) in [4.78, 5) is 32.7. The lowest BCUT2D eigenvalue weighted by atomic mass is 9.95. The molecule has 1 amide bonds. The van der Waals surface area contributed by atoms with E-state index in [1.54, 1.807) is 30.3 Å². The van der Waals surface area contributed by atoms with Crippen molar-refractivity contribution < 1.29 is 29.3 Å². The summed E-state index contributed by atoms with van der Waals surface area (Å²) in [5, 5.41) is 21.7. The molecular formula is C27H22N2O6S. The van der Waals surface area contributed by atoms with E-state index in [4.69, 9.17) is 9.47 Å². The minimum atomic E-state index is -0.997. The highest BCUT2D eigenvalue weighted by Gasteiger charge is 2.48. The van der Waals surface area contributed by atoms with E-state index in [1.807, 2.05) is 25.1 Å². The fourth-order valence-corrected chi connectivity index (χ4v) is 5.33. The molecule has 1 aliphatic heterocycles. The zero-order valence-electron chi connectivity index (χ0n) is 19.7. The van der Waals surface area contributed by atoms with Crippen LogP contribution >= 0.6 is 11.3 Å². The number of aromatic hydroxyl groups is 1. The van der Waals surface area contributed by atoms with E-state index >= 15 is 0 Å². The number of amides is 1. The molecule has 182 valence electrons. The van der Waals surface area contributed by atoms with E-state index in [0.717, 1.165) is 10.3 Å². The number of aromatic nitrogens is 1. The molecule has 1 saturated heterocycles. The van der Waals surface area contributed by atoms with Crippen molar-refractivity contribution in [3.63, 3.8) is 0 Å². The van der Waals surface area contributed by atoms with E-state index in [1.165, 1.54) is 42.6 Å². The number of hydrogen-bond donors (Lipinski definition) is 2. The van der Waals surface area contributed by atoms with Crippen LogP contribution in [0.3, 0.4) is 0 Å². The van der Waals surface area contributed by atoms with Crippen LogP contribution in [0.5, 0.6) is 17.2 Å². The van der Waals surface area contributed by atoms with Gasteiger partial charge in [-0.1, -0.05) is 23.5 Å². The number of carbonyl (C=O) groups excluding carboxylic acids is 2. The van der Waals surface area contributed by atoms with Gasteiger partial charge in [0.25, 0.3) is 5.78 Å². The zero-order chi connectivity index (χ0) is 25.6. The first-order valence-corrected chi connectivity index (χ1v) is 11.8. The van der Waals surface area contributed by atoms with Crippen LogP contribution in [0.15, 0.2) is 66.2 Å². The molecule has 8 nitrogen and oxygen atoms in total. The van der Waals surface area contributed by atoms with Gasteiger partial charge in [0, 0.05) is 5.56 Å². The summed E-state index contributed by atoms with van der Waals surface area (Å²) in [7, 11) is 2.93. The lowest BCUT2D eigenvalue weighted by molar-refractivity contribution is -0.132. The minimum Gasteiger partial charge on any atom is -0.507 e. The Balaban J connectivity index is 1.73. The molecule has 0 saturated carbocycles. The molecule has 2 heterocycles. The quantitative estimate of drug-likeness (QED) is 0.226. The monoisotopic (exact) mass is 502 g/mol. The lowest BCUT2D eigenvalue weighted by Gasteiger charge is -2.23. The van der Waals surface area contributed by atoms with Crippen LogP contribution in [0, 0.1) is 6.92 Å². The number of hydrogen-bond acceptors (Lipinski definition) is 8. The van der Waals surface area contributed by atoms with Gasteiger partial charge in [-0.2, -0.15) is 0 Å². The van der Waals surface area contributed by atoms with Gasteiger partial charge >= 0.3 is 5.91 Å². The molecule has 3 aromatic carbocycles. The summed E-state index contributed by atoms with van der Waals surface area (Å²) < 4.78 is 11.3. The Morgan fingerprint density at radius 3 is 2.44 bits per heavy atom. The smallest absolute Gasteiger partial charge is 0.301 e. The van der Waals surface area contributed by atoms with Crippen molar-refractivity contribution in [1.29, 1.82) is 0 Å². The Morgan fingerprint density at radius 1 is 1.00 bits per heavy atom. The number of benzene rings is 3. The highest BCUT2D eigenvalue weighted by molar-refractivity contribution is 7.22. The third-order valence-electron chi connectivity index (χ3n) is 6.07. The number of Topliss-reactive ketones (excluding diaryl/α,β-unsaturated/α-hetero) is 1. The molecule has 1 fully saturated rings. The Kier molecular flexibility index (Phi) is 5.85. The second kappa shape index (κ2) is 9.01. The molecule has 2 N–H and O–H groups in total. The maximum atomic E-state index is 13.4. The van der Waals surface area contributed by atoms with E-state index in [2.05, 4.69) is 4.98 Å². The van der Waals surface area contributed by atoms with Gasteiger partial charge in [0.1, 0.15) is 11.5 Å². The van der Waals surface area contributed by atoms with E-state index < -0.39 is 17.7 Å². The molecule has 1 aromatic heterocycles. The number of thiazole rings is 1. The minimum absolute atomic E-state index is 0.0895. The number of aryl methyl sites for hydroxylation is 1. The van der Waals surface area contributed by atoms with Crippen LogP contribution in [0.4, 0.5) is 5.13 Å². The van der Waals surface area contributed by atoms with Crippen molar-refractivity contribution in [1.82, 2.24) is 4.98 Å². The van der Waals surface area contributed by atoms with Crippen molar-refractivity contribution in [3.8, 4) is 17.2 Å². The van der Waals surface area contributed by atoms with Crippen LogP contribution in [0.2, 0.25) is 0 Å². The van der Waals surface area contributed by atoms with Crippen LogP contribution in [-0.2, 0) is 9.59 Å². The fraction of sp³-hybridized carbons (Fsp3) is 0.148. The molecule has 0 aliphatic carbocycles. The molecule has 0 spiro atoms. The molecule has 36 heavy (non-hydrogen) atoms. The number of anilines is 1. The fourth-order valence-electron chi connectivity index (χ4n) is 4.24. The first-order valence-electron chi connectivity index (χ1n) is 11.0. The number of carbonyl (C=O) groups is 2. The van der Waals surface area contributed by atoms with Gasteiger partial charge < -0.3 is 19.7 Å². The maximum Gasteiger partial charge on any atom is 0.301 e. The summed E-state index contributed by atoms with van der Waals surface area (Å²) in [5.74, 6) is -1.32. The van der Waals surface area contributed by atoms with Crippen molar-refractivity contribution >= 4 is 44.1 Å². The van der Waals surface area contributed by atoms with Gasteiger partial charge in [0.05, 0.1) is 36.1 Å². The molecule has 9 heteroatoms. The van der Waals surface area contributed by atoms with Gasteiger partial charge in [0.2, 0.25) is 0 Å². The number of aliphatic hydroxyl groups excluding tert-OH is 1. The number of ketones is 1. The molecule has 1 atom stereocenters. The zero-order valence-corrected chi connectivity index (χ0v) is 20.5. The number of ether oxygens (including phenoxy) is 2. The first kappa shape index (κ1) is 23.4. The Hall–Kier alpha value is -4.37. The normalized spacial score (nSPS) is 17.1. The summed E-state index contributed by atoms with van der Waals surface area (Å²) in [5.41, 5.74) is 2.46. The number of aliphatic hydroxyl groups is 1. The van der Waals surface area contributed by atoms with Gasteiger partial charge in [-0.25, -0.2) is 4.98 Å². The van der Waals surface area contributed by atoms with Crippen molar-refractivity contribution in [2.24, 2.45) is 0 Å². The number of phenols is 1. The third-order valence-corrected chi connectivity index (χ3v) is 7.08. The molecule has 5 rings (SSSR count). The van der Waals surface area contributed by atoms with Crippen LogP contribution < -0.4 is 14.4 Å². The highest BCUT2D eigenvalue weighted by Crippen LogP contribution is 2.45. The molecule has 0 radical (unpaired) electrons. The van der Waals surface area contributed by atoms with Crippen molar-refractivity contribution in [2.45, 2.75) is 13.0 Å². The summed E-state index contributed by atoms with van der Waals surface area (Å²) >= 11 is 1.28. The van der Waals surface area contributed by atoms with Gasteiger partial charge in [-0.05, 0) is 66.6 Å². The van der Waals surface area contributed by atoms with Gasteiger partial charge in [0.15, 0.2) is 16.6 Å². The number of nitrogens with zero attached hydrogens (tertiary/aromatic N) is 2. The van der Waals surface area contributed by atoms with Gasteiger partial charge in [-0.15, -0.1) is 0 Å². The summed E-state index contributed by atoms with van der Waals surface area (Å²) in [6.07, 6.45) is 0. The topological polar surface area (TPSA) is 109 Å². The number of methoxy groups -OCH3 is 2. The Labute approximate surface area is 210 Å². The van der Waals surface area contributed by atoms with Gasteiger partial charge in [-0.3, -0.25) is 14.5 Å². The summed E-state index contributed by atoms with van der Waals surface area (Å²) in [6, 6.07) is 15.8. The van der Waals surface area contributed by atoms with Crippen LogP contribution in [0.1, 0.15) is 22.7 Å². The van der Waals surface area contributed by atoms with Crippen LogP contribution in [0.25, 0.3) is 16.0 Å². The average molecular weight is 503 g/mol.